The van der Waals surface area contributed by atoms with Crippen LogP contribution in [0.1, 0.15) is 13.8 Å². The summed E-state index contributed by atoms with van der Waals surface area (Å²) in [6, 6.07) is 5.27. The number of carbonyl (C=O) groups is 1. The highest BCUT2D eigenvalue weighted by atomic mass is 19.1. The molecule has 0 aliphatic rings. The van der Waals surface area contributed by atoms with Crippen molar-refractivity contribution in [3.05, 3.63) is 30.1 Å². The summed E-state index contributed by atoms with van der Waals surface area (Å²) in [5.41, 5.74) is 4.86. The lowest BCUT2D eigenvalue weighted by atomic mass is 9.92. The first-order valence-electron chi connectivity index (χ1n) is 5.64. The van der Waals surface area contributed by atoms with Crippen molar-refractivity contribution in [1.29, 1.82) is 0 Å². The van der Waals surface area contributed by atoms with E-state index < -0.39 is 17.3 Å². The molecule has 2 amide bonds. The highest BCUT2D eigenvalue weighted by Gasteiger charge is 2.24. The molecule has 6 nitrogen and oxygen atoms in total. The normalized spacial score (nSPS) is 12.1. The lowest BCUT2D eigenvalue weighted by Gasteiger charge is -2.23. The van der Waals surface area contributed by atoms with E-state index in [9.17, 15) is 9.18 Å². The number of nitrogens with two attached hydrogens (primary N) is 1. The van der Waals surface area contributed by atoms with Gasteiger partial charge in [-0.1, -0.05) is 31.1 Å². The fourth-order valence-electron chi connectivity index (χ4n) is 1.26. The molecule has 1 aromatic carbocycles. The number of amidine groups is 1. The van der Waals surface area contributed by atoms with Crippen LogP contribution in [0.5, 0.6) is 0 Å². The van der Waals surface area contributed by atoms with Crippen LogP contribution in [0.15, 0.2) is 29.4 Å². The Hall–Kier alpha value is -2.31. The van der Waals surface area contributed by atoms with Crippen LogP contribution in [0.4, 0.5) is 14.9 Å². The summed E-state index contributed by atoms with van der Waals surface area (Å²) in [6.07, 6.45) is 0. The number of nitrogens with zero attached hydrogens (tertiary/aromatic N) is 1. The second-order valence-electron chi connectivity index (χ2n) is 4.66. The third-order valence-corrected chi connectivity index (χ3v) is 2.61. The fraction of sp³-hybridized carbons (Fsp3) is 0.333. The maximum absolute atomic E-state index is 13.3. The van der Waals surface area contributed by atoms with Crippen LogP contribution in [0.3, 0.4) is 0 Å². The predicted octanol–water partition coefficient (Wildman–Crippen LogP) is 1.72. The predicted molar refractivity (Wildman–Crippen MR) is 70.6 cm³/mol. The highest BCUT2D eigenvalue weighted by molar-refractivity contribution is 5.90. The maximum atomic E-state index is 13.3. The van der Waals surface area contributed by atoms with Gasteiger partial charge >= 0.3 is 6.03 Å². The van der Waals surface area contributed by atoms with Gasteiger partial charge in [-0.2, -0.15) is 0 Å². The molecule has 0 spiro atoms. The van der Waals surface area contributed by atoms with E-state index in [1.165, 1.54) is 18.2 Å². The molecule has 0 heterocycles. The van der Waals surface area contributed by atoms with Crippen LogP contribution in [-0.2, 0) is 0 Å². The van der Waals surface area contributed by atoms with E-state index in [2.05, 4.69) is 15.8 Å². The Kier molecular flexibility index (Phi) is 4.68. The smallest absolute Gasteiger partial charge is 0.319 e. The average molecular weight is 268 g/mol. The summed E-state index contributed by atoms with van der Waals surface area (Å²) in [7, 11) is 0. The van der Waals surface area contributed by atoms with Crippen LogP contribution < -0.4 is 16.4 Å². The fourth-order valence-corrected chi connectivity index (χ4v) is 1.26. The van der Waals surface area contributed by atoms with Crippen molar-refractivity contribution in [2.75, 3.05) is 11.9 Å². The van der Waals surface area contributed by atoms with Gasteiger partial charge in [0.1, 0.15) is 11.7 Å². The molecule has 104 valence electrons. The van der Waals surface area contributed by atoms with Gasteiger partial charge in [-0.15, -0.1) is 0 Å². The quantitative estimate of drug-likeness (QED) is 0.289. The van der Waals surface area contributed by atoms with Crippen molar-refractivity contribution < 1.29 is 14.4 Å². The zero-order valence-electron chi connectivity index (χ0n) is 10.8. The summed E-state index contributed by atoms with van der Waals surface area (Å²) < 4.78 is 13.3. The molecule has 5 N–H and O–H groups in total. The number of oxime groups is 1. The molecular formula is C12H17FN4O2. The molecule has 1 aromatic rings. The zero-order valence-corrected chi connectivity index (χ0v) is 10.8. The topological polar surface area (TPSA) is 99.7 Å². The number of benzene rings is 1. The van der Waals surface area contributed by atoms with Crippen molar-refractivity contribution >= 4 is 17.6 Å². The lowest BCUT2D eigenvalue weighted by Crippen LogP contribution is -2.43. The molecule has 1 rings (SSSR count). The second kappa shape index (κ2) is 6.03. The van der Waals surface area contributed by atoms with E-state index in [1.807, 2.05) is 0 Å². The lowest BCUT2D eigenvalue weighted by molar-refractivity contribution is 0.248. The molecule has 0 aromatic heterocycles. The Morgan fingerprint density at radius 3 is 2.68 bits per heavy atom. The van der Waals surface area contributed by atoms with Crippen LogP contribution >= 0.6 is 0 Å². The number of nitrogens with one attached hydrogen (secondary N) is 2. The van der Waals surface area contributed by atoms with Gasteiger partial charge in [-0.05, 0) is 12.1 Å². The van der Waals surface area contributed by atoms with Gasteiger partial charge in [-0.25, -0.2) is 9.18 Å². The number of para-hydroxylation sites is 1. The van der Waals surface area contributed by atoms with Gasteiger partial charge in [-0.3, -0.25) is 0 Å². The number of rotatable bonds is 4. The Labute approximate surface area is 110 Å². The van der Waals surface area contributed by atoms with Crippen molar-refractivity contribution in [1.82, 2.24) is 5.32 Å². The molecule has 19 heavy (non-hydrogen) atoms. The number of carbonyl (C=O) groups excluding carboxylic acids is 1. The SMILES string of the molecule is CC(C)(CNC(=O)Nc1ccccc1F)/C(N)=N/O. The molecule has 0 atom stereocenters. The van der Waals surface area contributed by atoms with Gasteiger partial charge < -0.3 is 21.6 Å². The first-order chi connectivity index (χ1) is 8.86. The zero-order chi connectivity index (χ0) is 14.5. The number of halogens is 1. The maximum Gasteiger partial charge on any atom is 0.319 e. The third kappa shape index (κ3) is 4.13. The Morgan fingerprint density at radius 1 is 1.47 bits per heavy atom. The molecule has 0 unspecified atom stereocenters. The van der Waals surface area contributed by atoms with Crippen LogP contribution in [0, 0.1) is 11.2 Å². The van der Waals surface area contributed by atoms with Crippen molar-refractivity contribution in [2.24, 2.45) is 16.3 Å². The van der Waals surface area contributed by atoms with E-state index in [4.69, 9.17) is 10.9 Å². The molecule has 0 saturated heterocycles. The molecule has 0 radical (unpaired) electrons. The molecule has 0 bridgehead atoms. The number of anilines is 1. The van der Waals surface area contributed by atoms with Crippen molar-refractivity contribution in [3.63, 3.8) is 0 Å². The number of amides is 2. The average Bonchev–Trinajstić information content (AvgIpc) is 2.38. The summed E-state index contributed by atoms with van der Waals surface area (Å²) in [6.45, 7) is 3.54. The molecule has 0 aliphatic heterocycles. The monoisotopic (exact) mass is 268 g/mol. The molecule has 0 saturated carbocycles. The summed E-state index contributed by atoms with van der Waals surface area (Å²) in [4.78, 5) is 11.6. The van der Waals surface area contributed by atoms with Gasteiger partial charge in [0.2, 0.25) is 0 Å². The van der Waals surface area contributed by atoms with Crippen molar-refractivity contribution in [3.8, 4) is 0 Å². The van der Waals surface area contributed by atoms with E-state index in [0.717, 1.165) is 0 Å². The minimum absolute atomic E-state index is 0.00121. The molecule has 0 fully saturated rings. The minimum atomic E-state index is -0.707. The summed E-state index contributed by atoms with van der Waals surface area (Å²) >= 11 is 0. The van der Waals surface area contributed by atoms with E-state index in [1.54, 1.807) is 19.9 Å². The second-order valence-corrected chi connectivity index (χ2v) is 4.66. The highest BCUT2D eigenvalue weighted by Crippen LogP contribution is 2.14. The van der Waals surface area contributed by atoms with Crippen LogP contribution in [-0.4, -0.2) is 23.6 Å². The number of hydrogen-bond donors (Lipinski definition) is 4. The largest absolute Gasteiger partial charge is 0.409 e. The molecule has 0 aliphatic carbocycles. The van der Waals surface area contributed by atoms with E-state index >= 15 is 0 Å². The third-order valence-electron chi connectivity index (χ3n) is 2.61. The van der Waals surface area contributed by atoms with Gasteiger partial charge in [0.05, 0.1) is 5.69 Å². The molecule has 7 heteroatoms. The van der Waals surface area contributed by atoms with Crippen molar-refractivity contribution in [2.45, 2.75) is 13.8 Å². The minimum Gasteiger partial charge on any atom is -0.409 e. The Bertz CT molecular complexity index is 488. The Balaban J connectivity index is 2.56. The summed E-state index contributed by atoms with van der Waals surface area (Å²) in [5, 5.41) is 16.4. The van der Waals surface area contributed by atoms with E-state index in [0.29, 0.717) is 0 Å². The Morgan fingerprint density at radius 2 is 2.11 bits per heavy atom. The van der Waals surface area contributed by atoms with E-state index in [-0.39, 0.29) is 18.1 Å². The number of urea groups is 1. The first-order valence-corrected chi connectivity index (χ1v) is 5.64. The van der Waals surface area contributed by atoms with Gasteiger partial charge in [0.25, 0.3) is 0 Å². The van der Waals surface area contributed by atoms with Crippen LogP contribution in [0.2, 0.25) is 0 Å². The summed E-state index contributed by atoms with van der Waals surface area (Å²) in [5.74, 6) is -0.521. The van der Waals surface area contributed by atoms with Gasteiger partial charge in [0.15, 0.2) is 0 Å². The standard InChI is InChI=1S/C12H17FN4O2/c1-12(2,10(14)17-19)7-15-11(18)16-9-6-4-3-5-8(9)13/h3-6,19H,7H2,1-2H3,(H2,14,17)(H2,15,16,18). The molecular weight excluding hydrogens is 251 g/mol. The van der Waals surface area contributed by atoms with Crippen LogP contribution in [0.25, 0.3) is 0 Å². The number of hydrogen-bond acceptors (Lipinski definition) is 3. The van der Waals surface area contributed by atoms with Gasteiger partial charge in [0, 0.05) is 12.0 Å². The first kappa shape index (κ1) is 14.7.